The summed E-state index contributed by atoms with van der Waals surface area (Å²) in [5, 5.41) is 8.81. The first-order chi connectivity index (χ1) is 9.20. The monoisotopic (exact) mass is 252 g/mol. The van der Waals surface area contributed by atoms with E-state index in [2.05, 4.69) is 5.92 Å². The summed E-state index contributed by atoms with van der Waals surface area (Å²) in [7, 11) is 0. The van der Waals surface area contributed by atoms with E-state index in [1.165, 1.54) is 12.1 Å². The van der Waals surface area contributed by atoms with Gasteiger partial charge in [0.05, 0.1) is 5.56 Å². The van der Waals surface area contributed by atoms with Crippen molar-refractivity contribution >= 4 is 5.97 Å². The third-order valence-corrected chi connectivity index (χ3v) is 2.61. The van der Waals surface area contributed by atoms with Crippen molar-refractivity contribution in [3.05, 3.63) is 65.7 Å². The Hall–Kier alpha value is -2.73. The van der Waals surface area contributed by atoms with E-state index in [9.17, 15) is 4.79 Å². The van der Waals surface area contributed by atoms with E-state index in [0.29, 0.717) is 5.75 Å². The molecule has 3 nitrogen and oxygen atoms in total. The molecule has 2 aromatic carbocycles. The van der Waals surface area contributed by atoms with Crippen molar-refractivity contribution in [3.63, 3.8) is 0 Å². The molecule has 0 bridgehead atoms. The van der Waals surface area contributed by atoms with Crippen LogP contribution in [-0.2, 0) is 0 Å². The summed E-state index contributed by atoms with van der Waals surface area (Å²) in [5.41, 5.74) is 1.09. The first-order valence-electron chi connectivity index (χ1n) is 5.72. The van der Waals surface area contributed by atoms with E-state index in [-0.39, 0.29) is 5.56 Å². The molecule has 0 aliphatic heterocycles. The zero-order chi connectivity index (χ0) is 13.7. The second-order valence-electron chi connectivity index (χ2n) is 3.90. The highest BCUT2D eigenvalue weighted by atomic mass is 16.5. The molecule has 3 heteroatoms. The molecule has 0 radical (unpaired) electrons. The van der Waals surface area contributed by atoms with Crippen molar-refractivity contribution in [2.75, 3.05) is 0 Å². The number of aromatic carboxylic acids is 1. The van der Waals surface area contributed by atoms with Crippen molar-refractivity contribution in [1.29, 1.82) is 0 Å². The normalized spacial score (nSPS) is 11.3. The Labute approximate surface area is 111 Å². The average molecular weight is 252 g/mol. The Morgan fingerprint density at radius 1 is 1.11 bits per heavy atom. The number of hydrogen-bond acceptors (Lipinski definition) is 2. The standard InChI is InChI=1S/C16H12O3/c1-2-15(12-6-4-3-5-7-12)19-14-10-8-13(9-11-14)16(17)18/h1,3-11,15H,(H,17,18). The van der Waals surface area contributed by atoms with Crippen molar-refractivity contribution < 1.29 is 14.6 Å². The fourth-order valence-corrected chi connectivity index (χ4v) is 1.64. The number of benzene rings is 2. The molecule has 0 aliphatic carbocycles. The van der Waals surface area contributed by atoms with Crippen LogP contribution in [0.15, 0.2) is 54.6 Å². The maximum atomic E-state index is 10.7. The second kappa shape index (κ2) is 5.74. The molecule has 2 rings (SSSR count). The third-order valence-electron chi connectivity index (χ3n) is 2.61. The summed E-state index contributed by atoms with van der Waals surface area (Å²) < 4.78 is 5.66. The van der Waals surface area contributed by atoms with E-state index < -0.39 is 12.1 Å². The van der Waals surface area contributed by atoms with Gasteiger partial charge in [0.25, 0.3) is 0 Å². The van der Waals surface area contributed by atoms with Gasteiger partial charge >= 0.3 is 5.97 Å². The number of rotatable bonds is 4. The van der Waals surface area contributed by atoms with Crippen LogP contribution < -0.4 is 4.74 Å². The molecule has 0 saturated carbocycles. The predicted molar refractivity (Wildman–Crippen MR) is 72.0 cm³/mol. The zero-order valence-corrected chi connectivity index (χ0v) is 10.1. The van der Waals surface area contributed by atoms with Gasteiger partial charge in [-0.25, -0.2) is 4.79 Å². The Balaban J connectivity index is 2.16. The van der Waals surface area contributed by atoms with Gasteiger partial charge in [0.1, 0.15) is 5.75 Å². The van der Waals surface area contributed by atoms with E-state index in [0.717, 1.165) is 5.56 Å². The smallest absolute Gasteiger partial charge is 0.335 e. The molecule has 0 spiro atoms. The SMILES string of the molecule is C#CC(Oc1ccc(C(=O)O)cc1)c1ccccc1. The van der Waals surface area contributed by atoms with Gasteiger partial charge in [0.2, 0.25) is 0 Å². The van der Waals surface area contributed by atoms with Gasteiger partial charge in [0.15, 0.2) is 6.10 Å². The maximum absolute atomic E-state index is 10.7. The molecular formula is C16H12O3. The largest absolute Gasteiger partial charge is 0.478 e. The molecule has 1 N–H and O–H groups in total. The highest BCUT2D eigenvalue weighted by Gasteiger charge is 2.10. The van der Waals surface area contributed by atoms with Crippen molar-refractivity contribution in [2.45, 2.75) is 6.10 Å². The van der Waals surface area contributed by atoms with E-state index in [4.69, 9.17) is 16.3 Å². The summed E-state index contributed by atoms with van der Waals surface area (Å²) in [4.78, 5) is 10.7. The van der Waals surface area contributed by atoms with Crippen LogP contribution in [0.4, 0.5) is 0 Å². The average Bonchev–Trinajstić information content (AvgIpc) is 2.46. The molecule has 19 heavy (non-hydrogen) atoms. The minimum absolute atomic E-state index is 0.212. The molecule has 1 unspecified atom stereocenters. The fourth-order valence-electron chi connectivity index (χ4n) is 1.64. The first kappa shape index (κ1) is 12.7. The lowest BCUT2D eigenvalue weighted by atomic mass is 10.1. The van der Waals surface area contributed by atoms with Crippen LogP contribution in [0.1, 0.15) is 22.0 Å². The Morgan fingerprint density at radius 3 is 2.26 bits per heavy atom. The Morgan fingerprint density at radius 2 is 1.74 bits per heavy atom. The number of terminal acetylenes is 1. The number of hydrogen-bond donors (Lipinski definition) is 1. The number of carboxylic acids is 1. The maximum Gasteiger partial charge on any atom is 0.335 e. The van der Waals surface area contributed by atoms with Crippen LogP contribution in [0, 0.1) is 12.3 Å². The molecule has 0 aromatic heterocycles. The molecule has 94 valence electrons. The van der Waals surface area contributed by atoms with Gasteiger partial charge in [-0.3, -0.25) is 0 Å². The Bertz CT molecular complexity index is 594. The minimum Gasteiger partial charge on any atom is -0.478 e. The van der Waals surface area contributed by atoms with Gasteiger partial charge < -0.3 is 9.84 Å². The van der Waals surface area contributed by atoms with Gasteiger partial charge in [0, 0.05) is 5.56 Å². The molecule has 0 aliphatic rings. The summed E-state index contributed by atoms with van der Waals surface area (Å²) in [6.45, 7) is 0. The highest BCUT2D eigenvalue weighted by molar-refractivity contribution is 5.87. The van der Waals surface area contributed by atoms with Crippen LogP contribution in [0.5, 0.6) is 5.75 Å². The molecular weight excluding hydrogens is 240 g/mol. The molecule has 2 aromatic rings. The van der Waals surface area contributed by atoms with Crippen LogP contribution in [0.3, 0.4) is 0 Å². The van der Waals surface area contributed by atoms with Crippen LogP contribution in [-0.4, -0.2) is 11.1 Å². The van der Waals surface area contributed by atoms with Crippen molar-refractivity contribution in [3.8, 4) is 18.1 Å². The molecule has 0 saturated heterocycles. The summed E-state index contributed by atoms with van der Waals surface area (Å²) in [5.74, 6) is 2.14. The van der Waals surface area contributed by atoms with E-state index in [1.807, 2.05) is 30.3 Å². The fraction of sp³-hybridized carbons (Fsp3) is 0.0625. The zero-order valence-electron chi connectivity index (χ0n) is 10.1. The molecule has 0 heterocycles. The van der Waals surface area contributed by atoms with Gasteiger partial charge in [-0.1, -0.05) is 36.3 Å². The van der Waals surface area contributed by atoms with Gasteiger partial charge in [-0.2, -0.15) is 0 Å². The van der Waals surface area contributed by atoms with E-state index >= 15 is 0 Å². The van der Waals surface area contributed by atoms with Gasteiger partial charge in [-0.15, -0.1) is 6.42 Å². The van der Waals surface area contributed by atoms with Crippen LogP contribution in [0.2, 0.25) is 0 Å². The van der Waals surface area contributed by atoms with Crippen LogP contribution in [0.25, 0.3) is 0 Å². The number of carbonyl (C=O) groups is 1. The first-order valence-corrected chi connectivity index (χ1v) is 5.72. The minimum atomic E-state index is -0.969. The predicted octanol–water partition coefficient (Wildman–Crippen LogP) is 3.14. The van der Waals surface area contributed by atoms with Crippen LogP contribution >= 0.6 is 0 Å². The summed E-state index contributed by atoms with van der Waals surface area (Å²) >= 11 is 0. The summed E-state index contributed by atoms with van der Waals surface area (Å²) in [6.07, 6.45) is 4.97. The number of carboxylic acid groups (broad SMARTS) is 1. The lowest BCUT2D eigenvalue weighted by Crippen LogP contribution is -2.05. The lowest BCUT2D eigenvalue weighted by molar-refractivity contribution is 0.0697. The lowest BCUT2D eigenvalue weighted by Gasteiger charge is -2.14. The highest BCUT2D eigenvalue weighted by Crippen LogP contribution is 2.21. The molecule has 0 amide bonds. The van der Waals surface area contributed by atoms with Crippen molar-refractivity contribution in [2.24, 2.45) is 0 Å². The summed E-state index contributed by atoms with van der Waals surface area (Å²) in [6, 6.07) is 15.6. The second-order valence-corrected chi connectivity index (χ2v) is 3.90. The topological polar surface area (TPSA) is 46.5 Å². The molecule has 1 atom stereocenters. The van der Waals surface area contributed by atoms with E-state index in [1.54, 1.807) is 12.1 Å². The number of ether oxygens (including phenoxy) is 1. The van der Waals surface area contributed by atoms with Crippen molar-refractivity contribution in [1.82, 2.24) is 0 Å². The van der Waals surface area contributed by atoms with Gasteiger partial charge in [-0.05, 0) is 24.3 Å². The molecule has 0 fully saturated rings. The Kier molecular flexibility index (Phi) is 3.84. The third kappa shape index (κ3) is 3.14. The quantitative estimate of drug-likeness (QED) is 0.850.